The van der Waals surface area contributed by atoms with Crippen molar-refractivity contribution in [3.8, 4) is 11.5 Å². The van der Waals surface area contributed by atoms with E-state index >= 15 is 0 Å². The van der Waals surface area contributed by atoms with Crippen molar-refractivity contribution in [1.82, 2.24) is 13.3 Å². The Labute approximate surface area is 130 Å². The molecule has 0 radical (unpaired) electrons. The number of imidazole rings is 1. The van der Waals surface area contributed by atoms with Gasteiger partial charge in [-0.3, -0.25) is 0 Å². The maximum atomic E-state index is 12.2. The minimum absolute atomic E-state index is 0.410. The molecule has 0 unspecified atom stereocenters. The topological polar surface area (TPSA) is 73.7 Å². The van der Waals surface area contributed by atoms with Crippen LogP contribution in [0.2, 0.25) is 0 Å². The summed E-state index contributed by atoms with van der Waals surface area (Å²) in [6.45, 7) is 0. The van der Waals surface area contributed by atoms with Crippen LogP contribution in [-0.4, -0.2) is 50.0 Å². The van der Waals surface area contributed by atoms with Gasteiger partial charge in [0.25, 0.3) is 0 Å². The number of ether oxygens (including phenoxy) is 2. The molecule has 2 rings (SSSR count). The van der Waals surface area contributed by atoms with Crippen molar-refractivity contribution in [3.63, 3.8) is 0 Å². The van der Waals surface area contributed by atoms with Gasteiger partial charge < -0.3 is 9.47 Å². The van der Waals surface area contributed by atoms with Crippen molar-refractivity contribution < 1.29 is 17.9 Å². The zero-order chi connectivity index (χ0) is 16.3. The maximum Gasteiger partial charge on any atom is 0.308 e. The molecule has 0 saturated carbocycles. The van der Waals surface area contributed by atoms with Crippen LogP contribution in [0.15, 0.2) is 30.7 Å². The highest BCUT2D eigenvalue weighted by Gasteiger charge is 2.19. The van der Waals surface area contributed by atoms with E-state index in [4.69, 9.17) is 9.47 Å². The SMILES string of the molecule is COc1ccc(Cc2cncn2S(=O)(=O)N(C)C)cc1OC. The smallest absolute Gasteiger partial charge is 0.308 e. The third kappa shape index (κ3) is 3.07. The molecule has 120 valence electrons. The molecule has 0 bridgehead atoms. The molecule has 0 saturated heterocycles. The lowest BCUT2D eigenvalue weighted by atomic mass is 10.1. The summed E-state index contributed by atoms with van der Waals surface area (Å²) in [5.74, 6) is 1.22. The first-order valence-corrected chi connectivity index (χ1v) is 7.95. The van der Waals surface area contributed by atoms with Crippen molar-refractivity contribution in [2.45, 2.75) is 6.42 Å². The molecule has 0 atom stereocenters. The van der Waals surface area contributed by atoms with Gasteiger partial charge in [-0.25, -0.2) is 8.96 Å². The van der Waals surface area contributed by atoms with Crippen LogP contribution >= 0.6 is 0 Å². The number of nitrogens with zero attached hydrogens (tertiary/aromatic N) is 3. The van der Waals surface area contributed by atoms with E-state index in [1.54, 1.807) is 20.3 Å². The Kier molecular flexibility index (Phi) is 4.72. The fourth-order valence-corrected chi connectivity index (χ4v) is 2.95. The second-order valence-electron chi connectivity index (χ2n) is 4.84. The van der Waals surface area contributed by atoms with Gasteiger partial charge in [0.15, 0.2) is 11.5 Å². The lowest BCUT2D eigenvalue weighted by molar-refractivity contribution is 0.354. The van der Waals surface area contributed by atoms with E-state index in [9.17, 15) is 8.42 Å². The number of benzene rings is 1. The summed E-state index contributed by atoms with van der Waals surface area (Å²) >= 11 is 0. The van der Waals surface area contributed by atoms with Gasteiger partial charge in [0, 0.05) is 26.7 Å². The predicted octanol–water partition coefficient (Wildman–Crippen LogP) is 1.15. The number of aromatic nitrogens is 2. The van der Waals surface area contributed by atoms with Crippen LogP contribution < -0.4 is 9.47 Å². The van der Waals surface area contributed by atoms with Crippen molar-refractivity contribution >= 4 is 10.2 Å². The Balaban J connectivity index is 2.35. The molecule has 0 aliphatic heterocycles. The third-order valence-electron chi connectivity index (χ3n) is 3.22. The second-order valence-corrected chi connectivity index (χ2v) is 6.86. The van der Waals surface area contributed by atoms with Crippen molar-refractivity contribution in [1.29, 1.82) is 0 Å². The van der Waals surface area contributed by atoms with Gasteiger partial charge in [-0.15, -0.1) is 0 Å². The van der Waals surface area contributed by atoms with Crippen LogP contribution in [0.3, 0.4) is 0 Å². The van der Waals surface area contributed by atoms with E-state index in [2.05, 4.69) is 4.98 Å². The summed E-state index contributed by atoms with van der Waals surface area (Å²) in [6.07, 6.45) is 3.25. The molecular formula is C14H19N3O4S. The quantitative estimate of drug-likeness (QED) is 0.796. The maximum absolute atomic E-state index is 12.2. The van der Waals surface area contributed by atoms with Gasteiger partial charge in [0.05, 0.1) is 19.9 Å². The Hall–Kier alpha value is -2.06. The van der Waals surface area contributed by atoms with E-state index in [0.29, 0.717) is 23.6 Å². The molecule has 0 fully saturated rings. The van der Waals surface area contributed by atoms with Gasteiger partial charge in [0.1, 0.15) is 6.33 Å². The summed E-state index contributed by atoms with van der Waals surface area (Å²) in [7, 11) is 2.51. The molecule has 8 heteroatoms. The van der Waals surface area contributed by atoms with Gasteiger partial charge in [-0.05, 0) is 17.7 Å². The van der Waals surface area contributed by atoms with Gasteiger partial charge in [-0.2, -0.15) is 12.7 Å². The zero-order valence-corrected chi connectivity index (χ0v) is 13.8. The first-order valence-electron chi connectivity index (χ1n) is 6.55. The fraction of sp³-hybridized carbons (Fsp3) is 0.357. The monoisotopic (exact) mass is 325 g/mol. The van der Waals surface area contributed by atoms with Crippen LogP contribution in [0.1, 0.15) is 11.3 Å². The molecular weight excluding hydrogens is 306 g/mol. The number of rotatable bonds is 6. The number of hydrogen-bond acceptors (Lipinski definition) is 5. The highest BCUT2D eigenvalue weighted by Crippen LogP contribution is 2.28. The summed E-state index contributed by atoms with van der Waals surface area (Å²) in [4.78, 5) is 3.94. The molecule has 2 aromatic rings. The summed E-state index contributed by atoms with van der Waals surface area (Å²) in [5.41, 5.74) is 1.47. The Bertz CT molecular complexity index is 753. The normalized spacial score (nSPS) is 11.7. The predicted molar refractivity (Wildman–Crippen MR) is 82.6 cm³/mol. The van der Waals surface area contributed by atoms with Crippen molar-refractivity contribution in [3.05, 3.63) is 42.0 Å². The Morgan fingerprint density at radius 1 is 1.18 bits per heavy atom. The molecule has 22 heavy (non-hydrogen) atoms. The van der Waals surface area contributed by atoms with Gasteiger partial charge >= 0.3 is 10.2 Å². The van der Waals surface area contributed by atoms with Crippen LogP contribution in [0.4, 0.5) is 0 Å². The van der Waals surface area contributed by atoms with Gasteiger partial charge in [-0.1, -0.05) is 6.07 Å². The number of hydrogen-bond donors (Lipinski definition) is 0. The lowest BCUT2D eigenvalue weighted by Crippen LogP contribution is -2.29. The molecule has 0 aliphatic rings. The largest absolute Gasteiger partial charge is 0.493 e. The van der Waals surface area contributed by atoms with Crippen molar-refractivity contribution in [2.24, 2.45) is 0 Å². The minimum atomic E-state index is -3.58. The molecule has 1 aromatic heterocycles. The molecule has 1 aromatic carbocycles. The summed E-state index contributed by atoms with van der Waals surface area (Å²) in [5, 5.41) is 0. The second kappa shape index (κ2) is 6.37. The van der Waals surface area contributed by atoms with Crippen LogP contribution in [0.5, 0.6) is 11.5 Å². The fourth-order valence-electron chi connectivity index (χ4n) is 2.02. The average Bonchev–Trinajstić information content (AvgIpc) is 2.95. The van der Waals surface area contributed by atoms with E-state index in [-0.39, 0.29) is 0 Å². The zero-order valence-electron chi connectivity index (χ0n) is 13.0. The lowest BCUT2D eigenvalue weighted by Gasteiger charge is -2.15. The first-order chi connectivity index (χ1) is 10.4. The molecule has 0 N–H and O–H groups in total. The van der Waals surface area contributed by atoms with Gasteiger partial charge in [0.2, 0.25) is 0 Å². The molecule has 0 aliphatic carbocycles. The first kappa shape index (κ1) is 16.3. The molecule has 1 heterocycles. The molecule has 0 amide bonds. The summed E-state index contributed by atoms with van der Waals surface area (Å²) < 4.78 is 37.2. The third-order valence-corrected chi connectivity index (χ3v) is 4.97. The van der Waals surface area contributed by atoms with Crippen LogP contribution in [-0.2, 0) is 16.6 Å². The van der Waals surface area contributed by atoms with E-state index in [1.165, 1.54) is 30.6 Å². The van der Waals surface area contributed by atoms with E-state index in [0.717, 1.165) is 9.87 Å². The van der Waals surface area contributed by atoms with E-state index < -0.39 is 10.2 Å². The Morgan fingerprint density at radius 3 is 2.45 bits per heavy atom. The minimum Gasteiger partial charge on any atom is -0.493 e. The van der Waals surface area contributed by atoms with Crippen LogP contribution in [0, 0.1) is 0 Å². The molecule has 0 spiro atoms. The highest BCUT2D eigenvalue weighted by atomic mass is 32.2. The average molecular weight is 325 g/mol. The standard InChI is InChI=1S/C14H19N3O4S/c1-16(2)22(18,19)17-10-15-9-12(17)7-11-5-6-13(20-3)14(8-11)21-4/h5-6,8-10H,7H2,1-4H3. The summed E-state index contributed by atoms with van der Waals surface area (Å²) in [6, 6.07) is 5.47. The van der Waals surface area contributed by atoms with Crippen LogP contribution in [0.25, 0.3) is 0 Å². The van der Waals surface area contributed by atoms with E-state index in [1.807, 2.05) is 12.1 Å². The molecule has 7 nitrogen and oxygen atoms in total. The Morgan fingerprint density at radius 2 is 1.86 bits per heavy atom. The van der Waals surface area contributed by atoms with Crippen molar-refractivity contribution in [2.75, 3.05) is 28.3 Å². The number of methoxy groups -OCH3 is 2. The highest BCUT2D eigenvalue weighted by molar-refractivity contribution is 7.87.